The Morgan fingerprint density at radius 2 is 2.17 bits per heavy atom. The summed E-state index contributed by atoms with van der Waals surface area (Å²) < 4.78 is 5.80. The predicted molar refractivity (Wildman–Crippen MR) is 73.2 cm³/mol. The lowest BCUT2D eigenvalue weighted by Crippen LogP contribution is -2.56. The summed E-state index contributed by atoms with van der Waals surface area (Å²) in [5.74, 6) is 0.613. The van der Waals surface area contributed by atoms with E-state index in [0.29, 0.717) is 18.4 Å². The van der Waals surface area contributed by atoms with Gasteiger partial charge in [0.25, 0.3) is 0 Å². The molecule has 1 rings (SSSR count). The fourth-order valence-electron chi connectivity index (χ4n) is 2.83. The van der Waals surface area contributed by atoms with Gasteiger partial charge >= 0.3 is 0 Å². The Morgan fingerprint density at radius 1 is 1.50 bits per heavy atom. The van der Waals surface area contributed by atoms with Crippen molar-refractivity contribution in [2.75, 3.05) is 13.7 Å². The van der Waals surface area contributed by atoms with Crippen LogP contribution in [0.3, 0.4) is 0 Å². The molecule has 3 unspecified atom stereocenters. The van der Waals surface area contributed by atoms with Crippen LogP contribution >= 0.6 is 0 Å². The maximum absolute atomic E-state index is 11.7. The minimum atomic E-state index is -0.509. The van der Waals surface area contributed by atoms with E-state index in [1.54, 1.807) is 0 Å². The van der Waals surface area contributed by atoms with Crippen molar-refractivity contribution in [3.05, 3.63) is 0 Å². The monoisotopic (exact) mass is 256 g/mol. The van der Waals surface area contributed by atoms with Crippen molar-refractivity contribution in [1.82, 2.24) is 5.32 Å². The molecule has 0 radical (unpaired) electrons. The van der Waals surface area contributed by atoms with Crippen LogP contribution in [0.1, 0.15) is 46.5 Å². The van der Waals surface area contributed by atoms with Crippen LogP contribution in [0.2, 0.25) is 0 Å². The second-order valence-electron chi connectivity index (χ2n) is 5.78. The molecule has 0 aliphatic heterocycles. The van der Waals surface area contributed by atoms with E-state index in [-0.39, 0.29) is 12.0 Å². The quantitative estimate of drug-likeness (QED) is 0.728. The first kappa shape index (κ1) is 15.4. The third-order valence-electron chi connectivity index (χ3n) is 4.49. The first-order valence-electron chi connectivity index (χ1n) is 7.04. The largest absolute Gasteiger partial charge is 0.378 e. The zero-order valence-electron chi connectivity index (χ0n) is 12.2. The van der Waals surface area contributed by atoms with E-state index in [2.05, 4.69) is 26.1 Å². The van der Waals surface area contributed by atoms with Gasteiger partial charge in [-0.25, -0.2) is 0 Å². The van der Waals surface area contributed by atoms with Crippen LogP contribution in [0.15, 0.2) is 0 Å². The Balaban J connectivity index is 2.48. The fourth-order valence-corrected chi connectivity index (χ4v) is 2.83. The van der Waals surface area contributed by atoms with Crippen LogP contribution in [0.4, 0.5) is 0 Å². The van der Waals surface area contributed by atoms with E-state index >= 15 is 0 Å². The lowest BCUT2D eigenvalue weighted by molar-refractivity contribution is -0.126. The van der Waals surface area contributed by atoms with Crippen molar-refractivity contribution in [2.45, 2.75) is 58.1 Å². The van der Waals surface area contributed by atoms with Crippen LogP contribution < -0.4 is 11.1 Å². The maximum Gasteiger partial charge on any atom is 0.238 e. The van der Waals surface area contributed by atoms with E-state index in [9.17, 15) is 4.79 Å². The van der Waals surface area contributed by atoms with E-state index in [1.165, 1.54) is 0 Å². The summed E-state index contributed by atoms with van der Waals surface area (Å²) in [5.41, 5.74) is 5.06. The smallest absolute Gasteiger partial charge is 0.238 e. The van der Waals surface area contributed by atoms with Gasteiger partial charge in [0.05, 0.1) is 6.10 Å². The molecule has 0 saturated heterocycles. The van der Waals surface area contributed by atoms with Gasteiger partial charge in [-0.05, 0) is 45.1 Å². The van der Waals surface area contributed by atoms with Gasteiger partial charge in [-0.3, -0.25) is 4.79 Å². The van der Waals surface area contributed by atoms with Crippen LogP contribution in [-0.2, 0) is 9.53 Å². The Morgan fingerprint density at radius 3 is 2.67 bits per heavy atom. The van der Waals surface area contributed by atoms with Crippen LogP contribution in [0.5, 0.6) is 0 Å². The number of amides is 1. The van der Waals surface area contributed by atoms with Crippen molar-refractivity contribution in [3.8, 4) is 0 Å². The number of rotatable bonds is 7. The second-order valence-corrected chi connectivity index (χ2v) is 5.78. The third-order valence-corrected chi connectivity index (χ3v) is 4.49. The zero-order chi connectivity index (χ0) is 13.8. The highest BCUT2D eigenvalue weighted by molar-refractivity contribution is 5.85. The van der Waals surface area contributed by atoms with Gasteiger partial charge in [0.1, 0.15) is 5.54 Å². The number of nitrogens with two attached hydrogens (primary N) is 1. The Hall–Kier alpha value is -0.610. The van der Waals surface area contributed by atoms with Crippen LogP contribution in [0.25, 0.3) is 0 Å². The van der Waals surface area contributed by atoms with E-state index in [0.717, 1.165) is 25.7 Å². The number of carbonyl (C=O) groups excluding carboxylic acids is 1. The molecule has 1 aliphatic carbocycles. The molecule has 3 atom stereocenters. The second kappa shape index (κ2) is 6.53. The summed E-state index contributed by atoms with van der Waals surface area (Å²) in [6.07, 6.45) is 4.14. The average Bonchev–Trinajstić information content (AvgIpc) is 2.73. The van der Waals surface area contributed by atoms with Crippen molar-refractivity contribution < 1.29 is 9.53 Å². The number of hydrogen-bond donors (Lipinski definition) is 2. The summed E-state index contributed by atoms with van der Waals surface area (Å²) in [4.78, 5) is 11.7. The molecule has 1 aliphatic rings. The Kier molecular flexibility index (Phi) is 5.60. The fraction of sp³-hybridized carbons (Fsp3) is 0.929. The minimum Gasteiger partial charge on any atom is -0.378 e. The number of carbonyl (C=O) groups is 1. The summed E-state index contributed by atoms with van der Waals surface area (Å²) in [7, 11) is 1.83. The standard InChI is InChI=1S/C14H28N2O2/c1-10(2)11(3)18-9-7-12-6-5-8-14(12,16-4)13(15)17/h10-12,16H,5-9H2,1-4H3,(H2,15,17). The highest BCUT2D eigenvalue weighted by Gasteiger charge is 2.46. The highest BCUT2D eigenvalue weighted by Crippen LogP contribution is 2.37. The normalized spacial score (nSPS) is 29.7. The van der Waals surface area contributed by atoms with E-state index in [4.69, 9.17) is 10.5 Å². The van der Waals surface area contributed by atoms with Gasteiger partial charge < -0.3 is 15.8 Å². The van der Waals surface area contributed by atoms with Crippen molar-refractivity contribution in [2.24, 2.45) is 17.6 Å². The molecule has 1 saturated carbocycles. The van der Waals surface area contributed by atoms with Gasteiger partial charge in [-0.1, -0.05) is 20.3 Å². The minimum absolute atomic E-state index is 0.218. The van der Waals surface area contributed by atoms with Crippen molar-refractivity contribution >= 4 is 5.91 Å². The summed E-state index contributed by atoms with van der Waals surface area (Å²) >= 11 is 0. The Labute approximate surface area is 111 Å². The molecule has 0 spiro atoms. The van der Waals surface area contributed by atoms with Gasteiger partial charge in [0, 0.05) is 6.61 Å². The molecule has 0 aromatic rings. The first-order chi connectivity index (χ1) is 8.44. The van der Waals surface area contributed by atoms with Crippen LogP contribution in [0, 0.1) is 11.8 Å². The molecule has 18 heavy (non-hydrogen) atoms. The number of primary amides is 1. The molecule has 106 valence electrons. The number of hydrogen-bond acceptors (Lipinski definition) is 3. The van der Waals surface area contributed by atoms with Gasteiger partial charge in [0.15, 0.2) is 0 Å². The topological polar surface area (TPSA) is 64.3 Å². The molecule has 0 bridgehead atoms. The summed E-state index contributed by atoms with van der Waals surface area (Å²) in [6, 6.07) is 0. The summed E-state index contributed by atoms with van der Waals surface area (Å²) in [5, 5.41) is 3.16. The average molecular weight is 256 g/mol. The third kappa shape index (κ3) is 3.23. The molecule has 4 nitrogen and oxygen atoms in total. The van der Waals surface area contributed by atoms with Crippen molar-refractivity contribution in [3.63, 3.8) is 0 Å². The lowest BCUT2D eigenvalue weighted by atomic mass is 9.84. The molecular weight excluding hydrogens is 228 g/mol. The predicted octanol–water partition coefficient (Wildman–Crippen LogP) is 1.68. The first-order valence-corrected chi connectivity index (χ1v) is 7.04. The molecule has 1 amide bonds. The number of ether oxygens (including phenoxy) is 1. The van der Waals surface area contributed by atoms with Gasteiger partial charge in [-0.2, -0.15) is 0 Å². The SMILES string of the molecule is CNC1(C(N)=O)CCCC1CCOC(C)C(C)C. The molecule has 0 aromatic carbocycles. The lowest BCUT2D eigenvalue weighted by Gasteiger charge is -2.32. The maximum atomic E-state index is 11.7. The highest BCUT2D eigenvalue weighted by atomic mass is 16.5. The van der Waals surface area contributed by atoms with Crippen molar-refractivity contribution in [1.29, 1.82) is 0 Å². The summed E-state index contributed by atoms with van der Waals surface area (Å²) in [6.45, 7) is 7.11. The van der Waals surface area contributed by atoms with Gasteiger partial charge in [-0.15, -0.1) is 0 Å². The molecule has 4 heteroatoms. The molecule has 0 heterocycles. The van der Waals surface area contributed by atoms with E-state index < -0.39 is 5.54 Å². The van der Waals surface area contributed by atoms with Crippen LogP contribution in [-0.4, -0.2) is 31.2 Å². The molecule has 3 N–H and O–H groups in total. The molecule has 0 aromatic heterocycles. The number of likely N-dealkylation sites (N-methyl/N-ethyl adjacent to an activating group) is 1. The molecular formula is C14H28N2O2. The van der Waals surface area contributed by atoms with Gasteiger partial charge in [0.2, 0.25) is 5.91 Å². The van der Waals surface area contributed by atoms with E-state index in [1.807, 2.05) is 7.05 Å². The zero-order valence-corrected chi connectivity index (χ0v) is 12.2. The molecule has 1 fully saturated rings. The Bertz CT molecular complexity index is 281. The number of nitrogens with one attached hydrogen (secondary N) is 1.